The summed E-state index contributed by atoms with van der Waals surface area (Å²) in [6.45, 7) is -5.26. The molecule has 0 aromatic heterocycles. The summed E-state index contributed by atoms with van der Waals surface area (Å²) in [6, 6.07) is 0. The third-order valence-electron chi connectivity index (χ3n) is 2.78. The van der Waals surface area contributed by atoms with Crippen molar-refractivity contribution in [2.45, 2.75) is 0 Å². The molecular formula is C22H56N8O22S2V4. The van der Waals surface area contributed by atoms with Gasteiger partial charge in [-0.1, -0.05) is 21.1 Å². The van der Waals surface area contributed by atoms with Gasteiger partial charge in [0, 0.05) is 72.2 Å². The number of rotatable bonds is 10. The van der Waals surface area contributed by atoms with Gasteiger partial charge in [-0.2, -0.15) is 0 Å². The first-order valence-corrected chi connectivity index (χ1v) is 15.4. The Balaban J connectivity index is -0.0000000200. The molecule has 0 saturated heterocycles. The van der Waals surface area contributed by atoms with E-state index in [1.807, 2.05) is 0 Å². The van der Waals surface area contributed by atoms with E-state index in [-0.39, 0.29) is 109 Å². The molecule has 0 amide bonds. The summed E-state index contributed by atoms with van der Waals surface area (Å²) >= 11 is 0. The van der Waals surface area contributed by atoms with E-state index in [1.165, 1.54) is 0 Å². The third-order valence-corrected chi connectivity index (χ3v) is 2.78. The zero-order valence-electron chi connectivity index (χ0n) is 34.0. The summed E-state index contributed by atoms with van der Waals surface area (Å²) in [5.41, 5.74) is 12.9. The van der Waals surface area contributed by atoms with Crippen molar-refractivity contribution in [2.75, 3.05) is 138 Å². The zero-order valence-corrected chi connectivity index (χ0v) is 41.2. The van der Waals surface area contributed by atoms with E-state index in [0.29, 0.717) is 0 Å². The van der Waals surface area contributed by atoms with Crippen LogP contribution in [0.5, 0.6) is 0 Å². The van der Waals surface area contributed by atoms with Gasteiger partial charge < -0.3 is 100 Å². The maximum absolute atomic E-state index is 10.3. The normalized spacial score (nSPS) is 8.59. The molecule has 348 valence electrons. The zero-order chi connectivity index (χ0) is 43.5. The van der Waals surface area contributed by atoms with Crippen molar-refractivity contribution in [3.05, 3.63) is 20.9 Å². The number of hydrogen-bond donors (Lipinski definition) is 4. The minimum absolute atomic E-state index is 0. The summed E-state index contributed by atoms with van der Waals surface area (Å²) in [4.78, 5) is 4.75. The molecule has 0 aromatic rings. The Morgan fingerprint density at radius 1 is 0.448 bits per heavy atom. The van der Waals surface area contributed by atoms with Gasteiger partial charge in [-0.3, -0.25) is 16.8 Å². The molecule has 0 fully saturated rings. The molecule has 0 aliphatic heterocycles. The van der Waals surface area contributed by atoms with Crippen molar-refractivity contribution in [3.63, 3.8) is 0 Å². The molecule has 0 spiro atoms. The van der Waals surface area contributed by atoms with Crippen LogP contribution in [0.3, 0.4) is 0 Å². The summed E-state index contributed by atoms with van der Waals surface area (Å²) in [6.07, 6.45) is 0. The van der Waals surface area contributed by atoms with Crippen LogP contribution in [0.4, 0.5) is 0 Å². The summed E-state index contributed by atoms with van der Waals surface area (Å²) in [7, 11) is 10.7. The van der Waals surface area contributed by atoms with E-state index in [0.717, 1.165) is 37.4 Å². The number of aliphatic hydroxyl groups is 4. The van der Waals surface area contributed by atoms with Gasteiger partial charge in [0.1, 0.15) is 0 Å². The first-order valence-electron chi connectivity index (χ1n) is 12.7. The largest absolute Gasteiger partial charge is 4.00 e. The molecule has 0 unspecified atom stereocenters. The van der Waals surface area contributed by atoms with Crippen LogP contribution in [0.25, 0.3) is 20.9 Å². The molecule has 4 radical (unpaired) electrons. The number of azide groups is 2. The van der Waals surface area contributed by atoms with Gasteiger partial charge in [-0.05, 0) is 11.1 Å². The van der Waals surface area contributed by atoms with Crippen LogP contribution in [0.15, 0.2) is 10.2 Å². The number of nitrogens with zero attached hydrogens (tertiary/aromatic N) is 8. The van der Waals surface area contributed by atoms with E-state index < -0.39 is 71.3 Å². The molecule has 0 bridgehead atoms. The number of hydrogen-bond acceptors (Lipinski definition) is 20. The molecule has 0 atom stereocenters. The average molecular weight is 1050 g/mol. The molecule has 0 heterocycles. The third kappa shape index (κ3) is 216. The fraction of sp³-hybridized carbons (Fsp3) is 1.00. The topological polar surface area (TPSA) is 591 Å². The van der Waals surface area contributed by atoms with E-state index >= 15 is 0 Å². The van der Waals surface area contributed by atoms with Gasteiger partial charge in [-0.25, -0.2) is 0 Å². The minimum atomic E-state index is -5.17. The smallest absolute Gasteiger partial charge is 2.00 e. The molecule has 0 aliphatic rings. The Bertz CT molecular complexity index is 865. The second-order valence-corrected chi connectivity index (χ2v) is 12.5. The second-order valence-electron chi connectivity index (χ2n) is 10.8. The van der Waals surface area contributed by atoms with Crippen LogP contribution in [0.1, 0.15) is 0 Å². The van der Waals surface area contributed by atoms with E-state index in [1.54, 1.807) is 0 Å². The number of aliphatic hydroxyl groups excluding tert-OH is 4. The van der Waals surface area contributed by atoms with Gasteiger partial charge >= 0.3 is 74.2 Å². The quantitative estimate of drug-likeness (QED) is 0.0394. The average Bonchev–Trinajstić information content (AvgIpc) is 3.00. The van der Waals surface area contributed by atoms with E-state index in [2.05, 4.69) is 76.4 Å². The van der Waals surface area contributed by atoms with Crippen LogP contribution in [-0.4, -0.2) is 202 Å². The standard InChI is InChI=1S/2C5H8N3O3.2C4H12N.4CH4O.2H2O4S.4O.4V/c2*6-8-7-1-5(2-9,3-10)4-11;2*1-5(2,3)4;4*1-2;2*1-5(2,3)4;;;;;;;;/h2*1-4H2;2*1-4H3;4*2H,1H3;2*(H2,1,2,3,4);;;;;;;;/q2*-3;2*+1;;;;;;;4*-2;4*+4/p-4. The van der Waals surface area contributed by atoms with E-state index in [9.17, 15) is 30.6 Å². The Labute approximate surface area is 389 Å². The van der Waals surface area contributed by atoms with Crippen LogP contribution in [-0.2, 0) is 117 Å². The predicted molar refractivity (Wildman–Crippen MR) is 166 cm³/mol. The minimum Gasteiger partial charge on any atom is -2.00 e. The first kappa shape index (κ1) is 118. The summed E-state index contributed by atoms with van der Waals surface area (Å²) < 4.78 is 70.2. The number of quaternary nitrogens is 2. The Kier molecular flexibility index (Phi) is 158. The molecule has 36 heteroatoms. The molecule has 58 heavy (non-hydrogen) atoms. The van der Waals surface area contributed by atoms with Crippen molar-refractivity contribution in [3.8, 4) is 0 Å². The SMILES string of the molecule is CO.CO.CO.CO.C[N+](C)(C)C.C[N+](C)(C)C.O=S(=O)([O-])[O-].O=S(=O)([O-])[O-].[N-]=[N+]=NCC(C[O-])(C[O-])C[O-].[N-]=[N+]=NCC(C[O-])(C[O-])C[O-].[O-2].[O-2].[O-2].[O-2].[V+4].[V+4].[V+4].[V+4]. The molecule has 0 aliphatic carbocycles. The maximum atomic E-state index is 10.3. The van der Waals surface area contributed by atoms with Gasteiger partial charge in [0.25, 0.3) is 0 Å². The van der Waals surface area contributed by atoms with Crippen LogP contribution >= 0.6 is 0 Å². The van der Waals surface area contributed by atoms with Crippen LogP contribution in [0, 0.1) is 10.8 Å². The molecule has 0 rings (SSSR count). The summed E-state index contributed by atoms with van der Waals surface area (Å²) in [5.74, 6) is 0. The van der Waals surface area contributed by atoms with Crippen LogP contribution < -0.4 is 30.6 Å². The van der Waals surface area contributed by atoms with Gasteiger partial charge in [0.2, 0.25) is 0 Å². The molecule has 0 saturated carbocycles. The van der Waals surface area contributed by atoms with Crippen molar-refractivity contribution in [1.29, 1.82) is 0 Å². The monoisotopic (exact) mass is 1050 g/mol. The van der Waals surface area contributed by atoms with Crippen molar-refractivity contribution in [2.24, 2.45) is 21.1 Å². The molecule has 4 N–H and O–H groups in total. The second kappa shape index (κ2) is 77.6. The predicted octanol–water partition coefficient (Wildman–Crippen LogP) is -9.35. The maximum Gasteiger partial charge on any atom is 4.00 e. The fourth-order valence-corrected chi connectivity index (χ4v) is 0.887. The van der Waals surface area contributed by atoms with Gasteiger partial charge in [0.05, 0.1) is 56.4 Å². The van der Waals surface area contributed by atoms with Crippen molar-refractivity contribution >= 4 is 20.8 Å². The fourth-order valence-electron chi connectivity index (χ4n) is 0.887. The first-order chi connectivity index (χ1) is 22.5. The van der Waals surface area contributed by atoms with Crippen molar-refractivity contribution < 1.29 is 191 Å². The van der Waals surface area contributed by atoms with Gasteiger partial charge in [0.15, 0.2) is 0 Å². The van der Waals surface area contributed by atoms with Gasteiger partial charge in [-0.15, -0.1) is 39.6 Å². The Morgan fingerprint density at radius 2 is 0.534 bits per heavy atom. The van der Waals surface area contributed by atoms with Crippen molar-refractivity contribution in [1.82, 2.24) is 0 Å². The molecular weight excluding hydrogens is 996 g/mol. The molecule has 30 nitrogen and oxygen atoms in total. The van der Waals surface area contributed by atoms with Crippen LogP contribution in [0.2, 0.25) is 0 Å². The van der Waals surface area contributed by atoms with E-state index in [4.69, 9.17) is 66.5 Å². The molecule has 0 aromatic carbocycles. The summed E-state index contributed by atoms with van der Waals surface area (Å²) in [5, 5.41) is 96.1. The Hall–Kier alpha value is 0.0577. The Morgan fingerprint density at radius 3 is 0.586 bits per heavy atom.